The van der Waals surface area contributed by atoms with Crippen molar-refractivity contribution in [1.82, 2.24) is 5.43 Å². The number of amides is 2. The SMILES string of the molecule is COc1cc(OC)c(OC)cc1/C=N/NC(=O)C(=O)Nc1ccc(C)cc1. The van der Waals surface area contributed by atoms with Gasteiger partial charge in [0.1, 0.15) is 5.75 Å². The molecule has 2 amide bonds. The van der Waals surface area contributed by atoms with Crippen LogP contribution < -0.4 is 25.0 Å². The molecule has 27 heavy (non-hydrogen) atoms. The van der Waals surface area contributed by atoms with Crippen molar-refractivity contribution in [2.75, 3.05) is 26.6 Å². The number of ether oxygens (including phenoxy) is 3. The van der Waals surface area contributed by atoms with Gasteiger partial charge in [-0.05, 0) is 25.1 Å². The van der Waals surface area contributed by atoms with Gasteiger partial charge in [0.25, 0.3) is 0 Å². The van der Waals surface area contributed by atoms with Gasteiger partial charge in [-0.2, -0.15) is 5.10 Å². The maximum absolute atomic E-state index is 11.9. The number of nitrogens with zero attached hydrogens (tertiary/aromatic N) is 1. The molecule has 2 rings (SSSR count). The van der Waals surface area contributed by atoms with E-state index in [9.17, 15) is 9.59 Å². The van der Waals surface area contributed by atoms with Crippen molar-refractivity contribution in [3.8, 4) is 17.2 Å². The Bertz CT molecular complexity index is 847. The molecule has 8 nitrogen and oxygen atoms in total. The number of hydrogen-bond acceptors (Lipinski definition) is 6. The molecule has 2 aromatic carbocycles. The second-order valence-electron chi connectivity index (χ2n) is 5.47. The maximum Gasteiger partial charge on any atom is 0.329 e. The molecule has 0 aliphatic heterocycles. The van der Waals surface area contributed by atoms with Gasteiger partial charge < -0.3 is 19.5 Å². The third kappa shape index (κ3) is 5.21. The standard InChI is InChI=1S/C19H21N3O5/c1-12-5-7-14(8-6-12)21-18(23)19(24)22-20-11-13-9-16(26-3)17(27-4)10-15(13)25-2/h5-11H,1-4H3,(H,21,23)(H,22,24)/b20-11+. The molecular weight excluding hydrogens is 350 g/mol. The number of aryl methyl sites for hydroxylation is 1. The minimum atomic E-state index is -0.897. The van der Waals surface area contributed by atoms with Crippen molar-refractivity contribution in [2.45, 2.75) is 6.92 Å². The summed E-state index contributed by atoms with van der Waals surface area (Å²) < 4.78 is 15.7. The first-order valence-electron chi connectivity index (χ1n) is 7.99. The Morgan fingerprint density at radius 3 is 2.07 bits per heavy atom. The van der Waals surface area contributed by atoms with Crippen molar-refractivity contribution >= 4 is 23.7 Å². The van der Waals surface area contributed by atoms with E-state index in [-0.39, 0.29) is 0 Å². The molecule has 2 N–H and O–H groups in total. The normalized spacial score (nSPS) is 10.4. The molecule has 0 spiro atoms. The van der Waals surface area contributed by atoms with Crippen LogP contribution in [0.4, 0.5) is 5.69 Å². The largest absolute Gasteiger partial charge is 0.496 e. The number of anilines is 1. The van der Waals surface area contributed by atoms with Gasteiger partial charge in [-0.1, -0.05) is 17.7 Å². The Labute approximate surface area is 157 Å². The number of methoxy groups -OCH3 is 3. The van der Waals surface area contributed by atoms with Crippen LogP contribution in [0.3, 0.4) is 0 Å². The molecule has 0 saturated heterocycles. The maximum atomic E-state index is 11.9. The highest BCUT2D eigenvalue weighted by molar-refractivity contribution is 6.39. The summed E-state index contributed by atoms with van der Waals surface area (Å²) in [6.45, 7) is 1.93. The summed E-state index contributed by atoms with van der Waals surface area (Å²) in [7, 11) is 4.51. The Balaban J connectivity index is 2.04. The second kappa shape index (κ2) is 9.23. The molecule has 2 aromatic rings. The summed E-state index contributed by atoms with van der Waals surface area (Å²) in [5.41, 5.74) is 4.27. The zero-order chi connectivity index (χ0) is 19.8. The van der Waals surface area contributed by atoms with Crippen molar-refractivity contribution < 1.29 is 23.8 Å². The monoisotopic (exact) mass is 371 g/mol. The zero-order valence-electron chi connectivity index (χ0n) is 15.5. The van der Waals surface area contributed by atoms with Crippen molar-refractivity contribution in [2.24, 2.45) is 5.10 Å². The smallest absolute Gasteiger partial charge is 0.329 e. The zero-order valence-corrected chi connectivity index (χ0v) is 15.5. The molecule has 0 fully saturated rings. The van der Waals surface area contributed by atoms with Crippen LogP contribution >= 0.6 is 0 Å². The van der Waals surface area contributed by atoms with E-state index in [0.717, 1.165) is 5.56 Å². The number of hydrazone groups is 1. The third-order valence-electron chi connectivity index (χ3n) is 3.62. The van der Waals surface area contributed by atoms with Gasteiger partial charge in [-0.25, -0.2) is 5.43 Å². The molecule has 0 aliphatic carbocycles. The van der Waals surface area contributed by atoms with Crippen molar-refractivity contribution in [1.29, 1.82) is 0 Å². The van der Waals surface area contributed by atoms with E-state index in [1.165, 1.54) is 27.5 Å². The first kappa shape index (κ1) is 19.8. The number of hydrogen-bond donors (Lipinski definition) is 2. The van der Waals surface area contributed by atoms with E-state index >= 15 is 0 Å². The van der Waals surface area contributed by atoms with Gasteiger partial charge in [0.2, 0.25) is 0 Å². The third-order valence-corrected chi connectivity index (χ3v) is 3.62. The van der Waals surface area contributed by atoms with Crippen LogP contribution in [0.5, 0.6) is 17.2 Å². The first-order chi connectivity index (χ1) is 13.0. The van der Waals surface area contributed by atoms with Crippen LogP contribution in [0.25, 0.3) is 0 Å². The number of nitrogens with one attached hydrogen (secondary N) is 2. The Hall–Kier alpha value is -3.55. The van der Waals surface area contributed by atoms with E-state index in [2.05, 4.69) is 15.8 Å². The molecule has 142 valence electrons. The van der Waals surface area contributed by atoms with Gasteiger partial charge >= 0.3 is 11.8 Å². The van der Waals surface area contributed by atoms with Crippen molar-refractivity contribution in [3.63, 3.8) is 0 Å². The summed E-state index contributed by atoms with van der Waals surface area (Å²) in [4.78, 5) is 23.8. The molecule has 0 saturated carbocycles. The lowest BCUT2D eigenvalue weighted by Gasteiger charge is -2.11. The Morgan fingerprint density at radius 2 is 1.48 bits per heavy atom. The minimum Gasteiger partial charge on any atom is -0.496 e. The highest BCUT2D eigenvalue weighted by Crippen LogP contribution is 2.33. The summed E-state index contributed by atoms with van der Waals surface area (Å²) >= 11 is 0. The topological polar surface area (TPSA) is 98.2 Å². The lowest BCUT2D eigenvalue weighted by atomic mass is 10.2. The fourth-order valence-electron chi connectivity index (χ4n) is 2.19. The molecule has 8 heteroatoms. The van der Waals surface area contributed by atoms with E-state index in [0.29, 0.717) is 28.5 Å². The van der Waals surface area contributed by atoms with Crippen LogP contribution in [-0.4, -0.2) is 39.4 Å². The van der Waals surface area contributed by atoms with Gasteiger partial charge in [0, 0.05) is 17.3 Å². The number of benzene rings is 2. The van der Waals surface area contributed by atoms with Crippen LogP contribution in [0.2, 0.25) is 0 Å². The van der Waals surface area contributed by atoms with Gasteiger partial charge in [0.05, 0.1) is 27.5 Å². The molecular formula is C19H21N3O5. The number of carbonyl (C=O) groups excluding carboxylic acids is 2. The number of rotatable bonds is 6. The van der Waals surface area contributed by atoms with Crippen LogP contribution in [0.1, 0.15) is 11.1 Å². The molecule has 0 atom stereocenters. The minimum absolute atomic E-state index is 0.467. The van der Waals surface area contributed by atoms with E-state index in [4.69, 9.17) is 14.2 Å². The van der Waals surface area contributed by atoms with Gasteiger partial charge in [-0.15, -0.1) is 0 Å². The van der Waals surface area contributed by atoms with E-state index in [1.807, 2.05) is 19.1 Å². The lowest BCUT2D eigenvalue weighted by molar-refractivity contribution is -0.136. The predicted octanol–water partition coefficient (Wildman–Crippen LogP) is 2.11. The summed E-state index contributed by atoms with van der Waals surface area (Å²) in [5, 5.41) is 6.28. The summed E-state index contributed by atoms with van der Waals surface area (Å²) in [5.74, 6) is -0.285. The molecule has 0 bridgehead atoms. The van der Waals surface area contributed by atoms with Crippen molar-refractivity contribution in [3.05, 3.63) is 47.5 Å². The number of carbonyl (C=O) groups is 2. The van der Waals surface area contributed by atoms with E-state index in [1.54, 1.807) is 24.3 Å². The lowest BCUT2D eigenvalue weighted by Crippen LogP contribution is -2.32. The first-order valence-corrected chi connectivity index (χ1v) is 7.99. The summed E-state index contributed by atoms with van der Waals surface area (Å²) in [6.07, 6.45) is 1.35. The quantitative estimate of drug-likeness (QED) is 0.460. The molecule has 0 unspecified atom stereocenters. The Kier molecular flexibility index (Phi) is 6.76. The van der Waals surface area contributed by atoms with E-state index < -0.39 is 11.8 Å². The predicted molar refractivity (Wildman–Crippen MR) is 102 cm³/mol. The highest BCUT2D eigenvalue weighted by atomic mass is 16.5. The summed E-state index contributed by atoms with van der Waals surface area (Å²) in [6, 6.07) is 10.3. The average molecular weight is 371 g/mol. The van der Waals surface area contributed by atoms with Gasteiger partial charge in [-0.3, -0.25) is 9.59 Å². The van der Waals surface area contributed by atoms with Crippen LogP contribution in [0, 0.1) is 6.92 Å². The molecule has 0 radical (unpaired) electrons. The molecule has 0 heterocycles. The van der Waals surface area contributed by atoms with Gasteiger partial charge in [0.15, 0.2) is 11.5 Å². The van der Waals surface area contributed by atoms with Crippen LogP contribution in [0.15, 0.2) is 41.5 Å². The fraction of sp³-hybridized carbons (Fsp3) is 0.211. The molecule has 0 aromatic heterocycles. The molecule has 0 aliphatic rings. The fourth-order valence-corrected chi connectivity index (χ4v) is 2.19. The average Bonchev–Trinajstić information content (AvgIpc) is 2.68. The highest BCUT2D eigenvalue weighted by Gasteiger charge is 2.14. The Morgan fingerprint density at radius 1 is 0.889 bits per heavy atom. The second-order valence-corrected chi connectivity index (χ2v) is 5.47. The van der Waals surface area contributed by atoms with Crippen LogP contribution in [-0.2, 0) is 9.59 Å².